The summed E-state index contributed by atoms with van der Waals surface area (Å²) >= 11 is 9.22. The maximum atomic E-state index is 12.7. The number of hydrogen-bond acceptors (Lipinski definition) is 6. The van der Waals surface area contributed by atoms with Gasteiger partial charge >= 0.3 is 0 Å². The fraction of sp³-hybridized carbons (Fsp3) is 0.217. The van der Waals surface area contributed by atoms with E-state index in [1.54, 1.807) is 46.9 Å². The third-order valence-electron chi connectivity index (χ3n) is 5.19. The van der Waals surface area contributed by atoms with Gasteiger partial charge in [-0.15, -0.1) is 35.1 Å². The highest BCUT2D eigenvalue weighted by Gasteiger charge is 2.26. The summed E-state index contributed by atoms with van der Waals surface area (Å²) in [5.41, 5.74) is 3.35. The van der Waals surface area contributed by atoms with Crippen LogP contribution >= 0.6 is 46.7 Å². The second-order valence-corrected chi connectivity index (χ2v) is 10.0. The van der Waals surface area contributed by atoms with Crippen molar-refractivity contribution in [3.05, 3.63) is 64.0 Å². The summed E-state index contributed by atoms with van der Waals surface area (Å²) in [6.07, 6.45) is 0.949. The van der Waals surface area contributed by atoms with Crippen molar-refractivity contribution < 1.29 is 9.53 Å². The van der Waals surface area contributed by atoms with E-state index in [-0.39, 0.29) is 24.9 Å². The highest BCUT2D eigenvalue weighted by molar-refractivity contribution is 7.22. The molecule has 3 heterocycles. The van der Waals surface area contributed by atoms with E-state index >= 15 is 0 Å². The minimum atomic E-state index is -0.190. The zero-order valence-electron chi connectivity index (χ0n) is 17.3. The van der Waals surface area contributed by atoms with Gasteiger partial charge in [-0.1, -0.05) is 23.7 Å². The molecule has 32 heavy (non-hydrogen) atoms. The van der Waals surface area contributed by atoms with E-state index in [0.717, 1.165) is 45.3 Å². The number of anilines is 1. The molecule has 1 amide bonds. The number of carbonyl (C=O) groups is 1. The minimum absolute atomic E-state index is 0. The molecule has 1 N–H and O–H groups in total. The lowest BCUT2D eigenvalue weighted by Gasteiger charge is -2.22. The summed E-state index contributed by atoms with van der Waals surface area (Å²) in [6.45, 7) is 1.81. The van der Waals surface area contributed by atoms with Crippen molar-refractivity contribution in [3.63, 3.8) is 0 Å². The second-order valence-electron chi connectivity index (χ2n) is 7.47. The summed E-state index contributed by atoms with van der Waals surface area (Å²) in [4.78, 5) is 21.2. The number of aromatic nitrogens is 1. The first-order chi connectivity index (χ1) is 15.1. The molecule has 4 aromatic rings. The first-order valence-corrected chi connectivity index (χ1v) is 11.9. The van der Waals surface area contributed by atoms with Crippen molar-refractivity contribution in [3.8, 4) is 16.3 Å². The van der Waals surface area contributed by atoms with Crippen molar-refractivity contribution in [2.75, 3.05) is 25.5 Å². The SMILES string of the molecule is CN1CCc2c(sc(NC(=O)COc3ccc(Cl)cc3)c2-c2nc3ccccc3s2)C1.Cl. The van der Waals surface area contributed by atoms with E-state index in [0.29, 0.717) is 10.8 Å². The molecule has 0 atom stereocenters. The van der Waals surface area contributed by atoms with Crippen LogP contribution in [0.3, 0.4) is 0 Å². The number of amides is 1. The third kappa shape index (κ3) is 4.77. The number of thiophene rings is 1. The van der Waals surface area contributed by atoms with Crippen molar-refractivity contribution in [1.82, 2.24) is 9.88 Å². The molecular weight excluding hydrogens is 485 g/mol. The van der Waals surface area contributed by atoms with Gasteiger partial charge in [-0.2, -0.15) is 0 Å². The average Bonchev–Trinajstić information content (AvgIpc) is 3.33. The highest BCUT2D eigenvalue weighted by Crippen LogP contribution is 2.45. The standard InChI is InChI=1S/C23H20ClN3O2S2.ClH/c1-27-11-10-16-19(12-27)31-23(21(16)22-25-17-4-2-3-5-18(17)30-22)26-20(28)13-29-15-8-6-14(24)7-9-15;/h2-9H,10-13H2,1H3,(H,26,28);1H. The maximum Gasteiger partial charge on any atom is 0.262 e. The highest BCUT2D eigenvalue weighted by atomic mass is 35.5. The van der Waals surface area contributed by atoms with Crippen molar-refractivity contribution in [2.45, 2.75) is 13.0 Å². The smallest absolute Gasteiger partial charge is 0.262 e. The van der Waals surface area contributed by atoms with Crippen LogP contribution in [0.15, 0.2) is 48.5 Å². The predicted molar refractivity (Wildman–Crippen MR) is 136 cm³/mol. The molecule has 0 fully saturated rings. The van der Waals surface area contributed by atoms with Crippen LogP contribution in [0.1, 0.15) is 10.4 Å². The first kappa shape index (κ1) is 23.0. The second kappa shape index (κ2) is 9.77. The Morgan fingerprint density at radius 3 is 2.75 bits per heavy atom. The van der Waals surface area contributed by atoms with Crippen LogP contribution in [0, 0.1) is 0 Å². The van der Waals surface area contributed by atoms with E-state index < -0.39 is 0 Å². The Hall–Kier alpha value is -2.16. The molecule has 2 aromatic heterocycles. The molecule has 0 radical (unpaired) electrons. The fourth-order valence-corrected chi connectivity index (χ4v) is 6.25. The molecule has 5 rings (SSSR count). The quantitative estimate of drug-likeness (QED) is 0.355. The number of ether oxygens (including phenoxy) is 1. The molecule has 0 spiro atoms. The van der Waals surface area contributed by atoms with Gasteiger partial charge in [0.1, 0.15) is 15.8 Å². The number of likely N-dealkylation sites (N-methyl/N-ethyl adjacent to an activating group) is 1. The maximum absolute atomic E-state index is 12.7. The lowest BCUT2D eigenvalue weighted by Crippen LogP contribution is -2.25. The number of carbonyl (C=O) groups excluding carboxylic acids is 1. The zero-order chi connectivity index (χ0) is 21.4. The Balaban J connectivity index is 0.00000245. The molecule has 0 saturated carbocycles. The Labute approximate surface area is 205 Å². The Bertz CT molecular complexity index is 1220. The van der Waals surface area contributed by atoms with Crippen molar-refractivity contribution in [1.29, 1.82) is 0 Å². The number of para-hydroxylation sites is 1. The van der Waals surface area contributed by atoms with Crippen LogP contribution in [0.5, 0.6) is 5.75 Å². The van der Waals surface area contributed by atoms with Gasteiger partial charge < -0.3 is 15.0 Å². The van der Waals surface area contributed by atoms with Crippen LogP contribution in [0.25, 0.3) is 20.8 Å². The summed E-state index contributed by atoms with van der Waals surface area (Å²) in [5.74, 6) is 0.419. The van der Waals surface area contributed by atoms with E-state index in [4.69, 9.17) is 21.3 Å². The van der Waals surface area contributed by atoms with E-state index in [9.17, 15) is 4.79 Å². The number of nitrogens with one attached hydrogen (secondary N) is 1. The Kier molecular flexibility index (Phi) is 7.02. The van der Waals surface area contributed by atoms with Gasteiger partial charge in [-0.05, 0) is 55.4 Å². The molecule has 2 aromatic carbocycles. The minimum Gasteiger partial charge on any atom is -0.484 e. The molecule has 1 aliphatic heterocycles. The number of fused-ring (bicyclic) bond motifs is 2. The van der Waals surface area contributed by atoms with E-state index in [1.165, 1.54) is 10.4 Å². The summed E-state index contributed by atoms with van der Waals surface area (Å²) < 4.78 is 6.77. The lowest BCUT2D eigenvalue weighted by molar-refractivity contribution is -0.118. The van der Waals surface area contributed by atoms with Crippen LogP contribution in [-0.4, -0.2) is 36.0 Å². The van der Waals surface area contributed by atoms with Gasteiger partial charge in [0.2, 0.25) is 0 Å². The van der Waals surface area contributed by atoms with Gasteiger partial charge in [0, 0.05) is 28.6 Å². The van der Waals surface area contributed by atoms with Gasteiger partial charge in [0.25, 0.3) is 5.91 Å². The van der Waals surface area contributed by atoms with Crippen LogP contribution in [0.4, 0.5) is 5.00 Å². The molecule has 0 saturated heterocycles. The molecule has 166 valence electrons. The number of nitrogens with zero attached hydrogens (tertiary/aromatic N) is 2. The van der Waals surface area contributed by atoms with Crippen LogP contribution < -0.4 is 10.1 Å². The van der Waals surface area contributed by atoms with Gasteiger partial charge in [-0.25, -0.2) is 4.98 Å². The topological polar surface area (TPSA) is 54.5 Å². The predicted octanol–water partition coefficient (Wildman–Crippen LogP) is 6.11. The summed E-state index contributed by atoms with van der Waals surface area (Å²) in [5, 5.41) is 5.52. The third-order valence-corrected chi connectivity index (χ3v) is 7.63. The average molecular weight is 506 g/mol. The zero-order valence-corrected chi connectivity index (χ0v) is 20.5. The number of rotatable bonds is 5. The normalized spacial score (nSPS) is 13.4. The first-order valence-electron chi connectivity index (χ1n) is 9.94. The number of benzene rings is 2. The molecule has 5 nitrogen and oxygen atoms in total. The fourth-order valence-electron chi connectivity index (χ4n) is 3.67. The summed E-state index contributed by atoms with van der Waals surface area (Å²) in [6, 6.07) is 15.1. The number of thiazole rings is 1. The van der Waals surface area contributed by atoms with E-state index in [1.807, 2.05) is 18.2 Å². The van der Waals surface area contributed by atoms with Crippen LogP contribution in [0.2, 0.25) is 5.02 Å². The van der Waals surface area contributed by atoms with Gasteiger partial charge in [0.05, 0.1) is 10.2 Å². The molecule has 0 bridgehead atoms. The monoisotopic (exact) mass is 505 g/mol. The molecule has 0 unspecified atom stereocenters. The number of halogens is 2. The Morgan fingerprint density at radius 2 is 1.97 bits per heavy atom. The summed E-state index contributed by atoms with van der Waals surface area (Å²) in [7, 11) is 2.12. The van der Waals surface area contributed by atoms with Crippen LogP contribution in [-0.2, 0) is 17.8 Å². The molecule has 9 heteroatoms. The van der Waals surface area contributed by atoms with Crippen molar-refractivity contribution in [2.24, 2.45) is 0 Å². The van der Waals surface area contributed by atoms with Crippen molar-refractivity contribution >= 4 is 67.8 Å². The molecule has 1 aliphatic rings. The lowest BCUT2D eigenvalue weighted by atomic mass is 10.0. The van der Waals surface area contributed by atoms with Gasteiger partial charge in [-0.3, -0.25) is 4.79 Å². The van der Waals surface area contributed by atoms with E-state index in [2.05, 4.69) is 23.3 Å². The largest absolute Gasteiger partial charge is 0.484 e. The molecule has 0 aliphatic carbocycles. The number of hydrogen-bond donors (Lipinski definition) is 1. The van der Waals surface area contributed by atoms with Gasteiger partial charge in [0.15, 0.2) is 6.61 Å². The molecular formula is C23H21Cl2N3O2S2. The Morgan fingerprint density at radius 1 is 1.19 bits per heavy atom.